The topological polar surface area (TPSA) is 157 Å². The lowest BCUT2D eigenvalue weighted by molar-refractivity contribution is -0.131. The van der Waals surface area contributed by atoms with E-state index < -0.39 is 29.5 Å². The highest BCUT2D eigenvalue weighted by molar-refractivity contribution is 6.00. The zero-order valence-corrected chi connectivity index (χ0v) is 32.1. The van der Waals surface area contributed by atoms with E-state index in [4.69, 9.17) is 0 Å². The molecule has 0 saturated carbocycles. The Bertz CT molecular complexity index is 1360. The van der Waals surface area contributed by atoms with Crippen LogP contribution in [0.3, 0.4) is 0 Å². The quantitative estimate of drug-likeness (QED) is 0.0421. The van der Waals surface area contributed by atoms with Gasteiger partial charge in [0.15, 0.2) is 0 Å². The molecule has 4 amide bonds. The highest BCUT2D eigenvalue weighted by atomic mass is 16.3. The number of aromatic hydroxyl groups is 2. The van der Waals surface area contributed by atoms with Crippen LogP contribution in [0.15, 0.2) is 36.4 Å². The van der Waals surface area contributed by atoms with Gasteiger partial charge in [-0.1, -0.05) is 148 Å². The summed E-state index contributed by atoms with van der Waals surface area (Å²) >= 11 is 0. The number of hydrazine groups is 2. The number of hydrogen-bond acceptors (Lipinski definition) is 6. The first-order chi connectivity index (χ1) is 25.2. The van der Waals surface area contributed by atoms with Crippen molar-refractivity contribution in [3.63, 3.8) is 0 Å². The Labute approximate surface area is 312 Å². The number of carbonyl (C=O) groups excluding carboxylic acids is 4. The van der Waals surface area contributed by atoms with Crippen molar-refractivity contribution in [2.45, 2.75) is 162 Å². The number of amides is 4. The van der Waals surface area contributed by atoms with Gasteiger partial charge in [0.2, 0.25) is 11.8 Å². The summed E-state index contributed by atoms with van der Waals surface area (Å²) in [6, 6.07) is 9.94. The van der Waals surface area contributed by atoms with Gasteiger partial charge in [-0.3, -0.25) is 40.9 Å². The third kappa shape index (κ3) is 17.0. The summed E-state index contributed by atoms with van der Waals surface area (Å²) in [5, 5.41) is 21.1. The molecule has 2 aromatic rings. The number of nitrogens with one attached hydrogen (secondary N) is 4. The van der Waals surface area contributed by atoms with Crippen LogP contribution in [0.5, 0.6) is 11.5 Å². The minimum atomic E-state index is -0.774. The Kier molecular flexibility index (Phi) is 22.6. The number of phenolic OH excluding ortho intramolecular Hbond substituents is 2. The average molecular weight is 723 g/mol. The van der Waals surface area contributed by atoms with Gasteiger partial charge >= 0.3 is 0 Å². The van der Waals surface area contributed by atoms with Crippen molar-refractivity contribution in [1.29, 1.82) is 0 Å². The van der Waals surface area contributed by atoms with Crippen LogP contribution in [0, 0.1) is 5.92 Å². The maximum atomic E-state index is 13.4. The first kappa shape index (κ1) is 44.1. The molecule has 290 valence electrons. The summed E-state index contributed by atoms with van der Waals surface area (Å²) in [7, 11) is 0. The third-order valence-electron chi connectivity index (χ3n) is 9.63. The minimum absolute atomic E-state index is 0.125. The van der Waals surface area contributed by atoms with Crippen LogP contribution >= 0.6 is 0 Å². The molecule has 0 heterocycles. The van der Waals surface area contributed by atoms with Crippen LogP contribution < -0.4 is 21.7 Å². The summed E-state index contributed by atoms with van der Waals surface area (Å²) in [4.78, 5) is 52.8. The van der Waals surface area contributed by atoms with Crippen LogP contribution in [0.2, 0.25) is 0 Å². The van der Waals surface area contributed by atoms with Crippen molar-refractivity contribution in [3.8, 4) is 11.5 Å². The summed E-state index contributed by atoms with van der Waals surface area (Å²) in [6.07, 6.45) is 20.6. The fraction of sp³-hybridized carbons (Fsp3) is 0.619. The molecule has 10 nitrogen and oxygen atoms in total. The minimum Gasteiger partial charge on any atom is -0.507 e. The monoisotopic (exact) mass is 722 g/mol. The standard InChI is InChI=1S/C42H66N4O6/c1-4-7-10-13-16-19-24-32-27-22-29-35(47)38(32)41(51)45-43-37(49)31-34(26-21-18-15-12-9-6-3)40(50)44-46-42(52)39-33(28-23-30-36(39)48)25-20-17-14-11-8-5-2/h22-23,27-30,34,47-48H,4-21,24-26,31H2,1-3H3,(H,43,49)(H,44,50)(H,45,51)(H,46,52). The molecule has 2 rings (SSSR count). The van der Waals surface area contributed by atoms with Crippen molar-refractivity contribution < 1.29 is 29.4 Å². The molecule has 0 saturated heterocycles. The van der Waals surface area contributed by atoms with Gasteiger partial charge in [-0.05, 0) is 55.4 Å². The fourth-order valence-corrected chi connectivity index (χ4v) is 6.55. The van der Waals surface area contributed by atoms with Gasteiger partial charge in [0.05, 0.1) is 11.1 Å². The zero-order valence-electron chi connectivity index (χ0n) is 32.1. The van der Waals surface area contributed by atoms with E-state index in [0.29, 0.717) is 30.4 Å². The molecule has 0 spiro atoms. The Morgan fingerprint density at radius 2 is 0.923 bits per heavy atom. The van der Waals surface area contributed by atoms with Crippen molar-refractivity contribution in [1.82, 2.24) is 21.7 Å². The second kappa shape index (κ2) is 26.7. The SMILES string of the molecule is CCCCCCCCc1cccc(O)c1C(=O)NNC(=O)CC(CCCCCCCC)C(=O)NNC(=O)c1c(O)cccc1CCCCCCCC. The fourth-order valence-electron chi connectivity index (χ4n) is 6.55. The molecule has 0 radical (unpaired) electrons. The van der Waals surface area contributed by atoms with Crippen LogP contribution in [0.25, 0.3) is 0 Å². The van der Waals surface area contributed by atoms with E-state index in [1.165, 1.54) is 50.7 Å². The van der Waals surface area contributed by atoms with E-state index in [2.05, 4.69) is 42.5 Å². The number of rotatable bonds is 26. The third-order valence-corrected chi connectivity index (χ3v) is 9.63. The Balaban J connectivity index is 2.02. The largest absolute Gasteiger partial charge is 0.507 e. The maximum Gasteiger partial charge on any atom is 0.273 e. The normalized spacial score (nSPS) is 11.5. The predicted octanol–water partition coefficient (Wildman–Crippen LogP) is 8.88. The molecule has 52 heavy (non-hydrogen) atoms. The molecule has 6 N–H and O–H groups in total. The first-order valence-corrected chi connectivity index (χ1v) is 20.0. The molecule has 0 aliphatic rings. The average Bonchev–Trinajstić information content (AvgIpc) is 3.13. The number of benzene rings is 2. The van der Waals surface area contributed by atoms with Gasteiger partial charge in [0.1, 0.15) is 11.5 Å². The van der Waals surface area contributed by atoms with E-state index in [1.807, 2.05) is 12.1 Å². The molecule has 0 fully saturated rings. The van der Waals surface area contributed by atoms with E-state index in [9.17, 15) is 29.4 Å². The van der Waals surface area contributed by atoms with Crippen LogP contribution in [0.4, 0.5) is 0 Å². The molecule has 0 aromatic heterocycles. The zero-order chi connectivity index (χ0) is 38.0. The van der Waals surface area contributed by atoms with Gasteiger partial charge in [0.25, 0.3) is 11.8 Å². The molecule has 0 aliphatic carbocycles. The molecular formula is C42H66N4O6. The summed E-state index contributed by atoms with van der Waals surface area (Å²) < 4.78 is 0. The Morgan fingerprint density at radius 1 is 0.519 bits per heavy atom. The summed E-state index contributed by atoms with van der Waals surface area (Å²) in [5.41, 5.74) is 11.5. The van der Waals surface area contributed by atoms with Gasteiger partial charge in [0, 0.05) is 12.3 Å². The van der Waals surface area contributed by atoms with Gasteiger partial charge in [-0.25, -0.2) is 0 Å². The number of phenols is 2. The molecule has 2 aromatic carbocycles. The predicted molar refractivity (Wildman–Crippen MR) is 208 cm³/mol. The van der Waals surface area contributed by atoms with E-state index in [0.717, 1.165) is 77.0 Å². The van der Waals surface area contributed by atoms with Crippen LogP contribution in [0.1, 0.15) is 181 Å². The molecule has 1 atom stereocenters. The second-order valence-electron chi connectivity index (χ2n) is 14.1. The molecule has 0 bridgehead atoms. The summed E-state index contributed by atoms with van der Waals surface area (Å²) in [6.45, 7) is 6.49. The number of hydrogen-bond donors (Lipinski definition) is 6. The Morgan fingerprint density at radius 3 is 1.38 bits per heavy atom. The lowest BCUT2D eigenvalue weighted by Gasteiger charge is -2.18. The van der Waals surface area contributed by atoms with E-state index in [-0.39, 0.29) is 29.0 Å². The smallest absolute Gasteiger partial charge is 0.273 e. The number of aryl methyl sites for hydroxylation is 2. The highest BCUT2D eigenvalue weighted by Gasteiger charge is 2.24. The van der Waals surface area contributed by atoms with E-state index in [1.54, 1.807) is 12.1 Å². The first-order valence-electron chi connectivity index (χ1n) is 20.0. The number of carbonyl (C=O) groups is 4. The lowest BCUT2D eigenvalue weighted by Crippen LogP contribution is -2.47. The van der Waals surface area contributed by atoms with Crippen LogP contribution in [-0.4, -0.2) is 33.8 Å². The Hall–Kier alpha value is -4.08. The molecule has 0 aliphatic heterocycles. The van der Waals surface area contributed by atoms with E-state index >= 15 is 0 Å². The number of unbranched alkanes of at least 4 members (excludes halogenated alkanes) is 15. The van der Waals surface area contributed by atoms with Crippen LogP contribution in [-0.2, 0) is 22.4 Å². The molecule has 10 heteroatoms. The molecule has 1 unspecified atom stereocenters. The van der Waals surface area contributed by atoms with Gasteiger partial charge in [-0.2, -0.15) is 0 Å². The summed E-state index contributed by atoms with van der Waals surface area (Å²) in [5.74, 6) is -3.44. The van der Waals surface area contributed by atoms with Gasteiger partial charge in [-0.15, -0.1) is 0 Å². The second-order valence-corrected chi connectivity index (χ2v) is 14.1. The van der Waals surface area contributed by atoms with Gasteiger partial charge < -0.3 is 10.2 Å². The van der Waals surface area contributed by atoms with Crippen molar-refractivity contribution in [3.05, 3.63) is 58.7 Å². The van der Waals surface area contributed by atoms with Crippen molar-refractivity contribution >= 4 is 23.6 Å². The van der Waals surface area contributed by atoms with Crippen molar-refractivity contribution in [2.75, 3.05) is 0 Å². The molecular weight excluding hydrogens is 656 g/mol. The van der Waals surface area contributed by atoms with Crippen molar-refractivity contribution in [2.24, 2.45) is 5.92 Å². The highest BCUT2D eigenvalue weighted by Crippen LogP contribution is 2.25. The lowest BCUT2D eigenvalue weighted by atomic mass is 9.96. The maximum absolute atomic E-state index is 13.4.